The van der Waals surface area contributed by atoms with Crippen LogP contribution in [0.1, 0.15) is 61.5 Å². The lowest BCUT2D eigenvalue weighted by Gasteiger charge is -2.26. The van der Waals surface area contributed by atoms with Gasteiger partial charge in [-0.3, -0.25) is 24.2 Å². The Morgan fingerprint density at radius 1 is 0.935 bits per heavy atom. The molecule has 2 aliphatic rings. The number of carbonyl (C=O) groups is 3. The molecule has 2 aromatic carbocycles. The third-order valence-corrected chi connectivity index (χ3v) is 5.88. The van der Waals surface area contributed by atoms with Crippen molar-refractivity contribution in [3.63, 3.8) is 0 Å². The first kappa shape index (κ1) is 21.0. The molecule has 0 bridgehead atoms. The molecule has 1 N–H and O–H groups in total. The van der Waals surface area contributed by atoms with Crippen LogP contribution in [0.2, 0.25) is 0 Å². The highest BCUT2D eigenvalue weighted by Crippen LogP contribution is 2.24. The van der Waals surface area contributed by atoms with Gasteiger partial charge in [0.2, 0.25) is 0 Å². The van der Waals surface area contributed by atoms with Crippen LogP contribution in [0.5, 0.6) is 0 Å². The van der Waals surface area contributed by atoms with E-state index in [0.717, 1.165) is 30.1 Å². The van der Waals surface area contributed by atoms with Crippen LogP contribution in [0, 0.1) is 0 Å². The van der Waals surface area contributed by atoms with Gasteiger partial charge in [-0.25, -0.2) is 0 Å². The zero-order valence-corrected chi connectivity index (χ0v) is 17.6. The Morgan fingerprint density at radius 3 is 2.32 bits per heavy atom. The summed E-state index contributed by atoms with van der Waals surface area (Å²) in [4.78, 5) is 41.0. The van der Waals surface area contributed by atoms with Gasteiger partial charge in [0.15, 0.2) is 0 Å². The van der Waals surface area contributed by atoms with Crippen LogP contribution in [0.25, 0.3) is 0 Å². The molecule has 0 aromatic heterocycles. The molecule has 31 heavy (non-hydrogen) atoms. The number of nitrogens with one attached hydrogen (secondary N) is 1. The number of benzene rings is 2. The number of rotatable bonds is 7. The van der Waals surface area contributed by atoms with Crippen molar-refractivity contribution >= 4 is 17.7 Å². The molecule has 0 saturated carbocycles. The van der Waals surface area contributed by atoms with Crippen molar-refractivity contribution in [1.82, 2.24) is 15.1 Å². The molecular weight excluding hydrogens is 390 g/mol. The first-order valence-electron chi connectivity index (χ1n) is 10.8. The van der Waals surface area contributed by atoms with Gasteiger partial charge in [0.25, 0.3) is 17.7 Å². The zero-order valence-electron chi connectivity index (χ0n) is 17.6. The number of hydrogen-bond donors (Lipinski definition) is 1. The second-order valence-corrected chi connectivity index (χ2v) is 8.11. The summed E-state index contributed by atoms with van der Waals surface area (Å²) in [6.45, 7) is 7.43. The van der Waals surface area contributed by atoms with Crippen molar-refractivity contribution in [2.45, 2.75) is 32.4 Å². The van der Waals surface area contributed by atoms with Crippen LogP contribution in [0.3, 0.4) is 0 Å². The fourth-order valence-corrected chi connectivity index (χ4v) is 4.15. The SMILES string of the molecule is C=CCN1C(=O)c2ccc(C(=O)NCc3ccc(CN4CCCCC4)cc3)cc2C1=O. The molecule has 6 heteroatoms. The Bertz CT molecular complexity index is 1010. The number of nitrogens with zero attached hydrogens (tertiary/aromatic N) is 2. The van der Waals surface area contributed by atoms with E-state index in [-0.39, 0.29) is 29.8 Å². The van der Waals surface area contributed by atoms with Crippen molar-refractivity contribution in [2.24, 2.45) is 0 Å². The topological polar surface area (TPSA) is 69.7 Å². The van der Waals surface area contributed by atoms with Crippen LogP contribution in [-0.4, -0.2) is 47.2 Å². The molecule has 6 nitrogen and oxygen atoms in total. The first-order valence-corrected chi connectivity index (χ1v) is 10.8. The van der Waals surface area contributed by atoms with Crippen LogP contribution < -0.4 is 5.32 Å². The van der Waals surface area contributed by atoms with Crippen LogP contribution in [0.4, 0.5) is 0 Å². The van der Waals surface area contributed by atoms with Gasteiger partial charge in [-0.05, 0) is 55.3 Å². The van der Waals surface area contributed by atoms with Gasteiger partial charge in [0.05, 0.1) is 11.1 Å². The molecule has 0 atom stereocenters. The highest BCUT2D eigenvalue weighted by molar-refractivity contribution is 6.22. The lowest BCUT2D eigenvalue weighted by Crippen LogP contribution is -2.29. The van der Waals surface area contributed by atoms with Gasteiger partial charge in [-0.1, -0.05) is 36.8 Å². The number of carbonyl (C=O) groups excluding carboxylic acids is 3. The molecule has 1 fully saturated rings. The fourth-order valence-electron chi connectivity index (χ4n) is 4.15. The molecule has 0 radical (unpaired) electrons. The molecule has 4 rings (SSSR count). The smallest absolute Gasteiger partial charge is 0.261 e. The monoisotopic (exact) mass is 417 g/mol. The Kier molecular flexibility index (Phi) is 6.28. The summed E-state index contributed by atoms with van der Waals surface area (Å²) in [7, 11) is 0. The number of hydrogen-bond acceptors (Lipinski definition) is 4. The van der Waals surface area contributed by atoms with E-state index in [0.29, 0.717) is 17.7 Å². The van der Waals surface area contributed by atoms with Crippen molar-refractivity contribution in [3.8, 4) is 0 Å². The Labute approximate surface area is 182 Å². The van der Waals surface area contributed by atoms with E-state index in [1.807, 2.05) is 12.1 Å². The maximum atomic E-state index is 12.6. The molecule has 2 aromatic rings. The largest absolute Gasteiger partial charge is 0.348 e. The summed E-state index contributed by atoms with van der Waals surface area (Å²) in [6, 6.07) is 12.9. The Balaban J connectivity index is 1.36. The predicted octanol–water partition coefficient (Wildman–Crippen LogP) is 3.38. The van der Waals surface area contributed by atoms with Crippen LogP contribution >= 0.6 is 0 Å². The number of likely N-dealkylation sites (tertiary alicyclic amines) is 1. The number of imide groups is 1. The molecule has 2 aliphatic heterocycles. The van der Waals surface area contributed by atoms with E-state index in [1.54, 1.807) is 12.1 Å². The maximum Gasteiger partial charge on any atom is 0.261 e. The van der Waals surface area contributed by atoms with Crippen molar-refractivity contribution in [3.05, 3.63) is 82.9 Å². The first-order chi connectivity index (χ1) is 15.1. The zero-order chi connectivity index (χ0) is 21.8. The summed E-state index contributed by atoms with van der Waals surface area (Å²) in [5.74, 6) is -1.02. The second-order valence-electron chi connectivity index (χ2n) is 8.11. The minimum Gasteiger partial charge on any atom is -0.348 e. The standard InChI is InChI=1S/C25H27N3O3/c1-2-12-28-24(30)21-11-10-20(15-22(21)25(28)31)23(29)26-16-18-6-8-19(9-7-18)17-27-13-4-3-5-14-27/h2,6-11,15H,1,3-5,12-14,16-17H2,(H,26,29). The van der Waals surface area contributed by atoms with E-state index in [2.05, 4.69) is 28.9 Å². The highest BCUT2D eigenvalue weighted by atomic mass is 16.2. The summed E-state index contributed by atoms with van der Waals surface area (Å²) < 4.78 is 0. The Morgan fingerprint density at radius 2 is 1.61 bits per heavy atom. The van der Waals surface area contributed by atoms with Gasteiger partial charge < -0.3 is 5.32 Å². The minimum atomic E-state index is -0.390. The van der Waals surface area contributed by atoms with E-state index in [4.69, 9.17) is 0 Å². The van der Waals surface area contributed by atoms with Crippen molar-refractivity contribution < 1.29 is 14.4 Å². The molecule has 1 saturated heterocycles. The van der Waals surface area contributed by atoms with E-state index in [1.165, 1.54) is 37.0 Å². The average Bonchev–Trinajstić information content (AvgIpc) is 3.04. The van der Waals surface area contributed by atoms with Gasteiger partial charge in [0.1, 0.15) is 0 Å². The number of amides is 3. The average molecular weight is 418 g/mol. The summed E-state index contributed by atoms with van der Waals surface area (Å²) >= 11 is 0. The summed E-state index contributed by atoms with van der Waals surface area (Å²) in [6.07, 6.45) is 5.39. The maximum absolute atomic E-state index is 12.6. The molecule has 2 heterocycles. The van der Waals surface area contributed by atoms with Crippen LogP contribution in [-0.2, 0) is 13.1 Å². The molecular formula is C25H27N3O3. The van der Waals surface area contributed by atoms with Gasteiger partial charge in [0, 0.05) is 25.2 Å². The number of piperidine rings is 1. The van der Waals surface area contributed by atoms with Crippen molar-refractivity contribution in [1.29, 1.82) is 0 Å². The Hall–Kier alpha value is -3.25. The minimum absolute atomic E-state index is 0.154. The van der Waals surface area contributed by atoms with Crippen LogP contribution in [0.15, 0.2) is 55.1 Å². The highest BCUT2D eigenvalue weighted by Gasteiger charge is 2.35. The molecule has 0 aliphatic carbocycles. The number of fused-ring (bicyclic) bond motifs is 1. The predicted molar refractivity (Wildman–Crippen MR) is 119 cm³/mol. The van der Waals surface area contributed by atoms with Gasteiger partial charge in [-0.15, -0.1) is 6.58 Å². The molecule has 0 unspecified atom stereocenters. The van der Waals surface area contributed by atoms with E-state index in [9.17, 15) is 14.4 Å². The second kappa shape index (κ2) is 9.27. The van der Waals surface area contributed by atoms with Crippen molar-refractivity contribution in [2.75, 3.05) is 19.6 Å². The summed E-state index contributed by atoms with van der Waals surface area (Å²) in [5.41, 5.74) is 3.25. The third-order valence-electron chi connectivity index (χ3n) is 5.88. The fraction of sp³-hybridized carbons (Fsp3) is 0.320. The lowest BCUT2D eigenvalue weighted by molar-refractivity contribution is 0.0672. The molecule has 160 valence electrons. The normalized spacial score (nSPS) is 16.3. The third kappa shape index (κ3) is 4.59. The molecule has 3 amide bonds. The van der Waals surface area contributed by atoms with Gasteiger partial charge in [-0.2, -0.15) is 0 Å². The van der Waals surface area contributed by atoms with E-state index >= 15 is 0 Å². The van der Waals surface area contributed by atoms with E-state index < -0.39 is 0 Å². The molecule has 0 spiro atoms. The summed E-state index contributed by atoms with van der Waals surface area (Å²) in [5, 5.41) is 2.89. The lowest BCUT2D eigenvalue weighted by atomic mass is 10.0. The quantitative estimate of drug-likeness (QED) is 0.554. The van der Waals surface area contributed by atoms with Gasteiger partial charge >= 0.3 is 0 Å².